The molecular weight excluding hydrogens is 248 g/mol. The highest BCUT2D eigenvalue weighted by molar-refractivity contribution is 6.14. The second-order valence-electron chi connectivity index (χ2n) is 4.52. The summed E-state index contributed by atoms with van der Waals surface area (Å²) in [7, 11) is 0. The van der Waals surface area contributed by atoms with Gasteiger partial charge in [-0.05, 0) is 19.1 Å². The number of rotatable bonds is 1. The molecule has 1 saturated heterocycles. The molecule has 1 fully saturated rings. The Morgan fingerprint density at radius 2 is 1.95 bits per heavy atom. The first-order valence-corrected chi connectivity index (χ1v) is 6.20. The van der Waals surface area contributed by atoms with E-state index in [2.05, 4.69) is 5.32 Å². The standard InChI is InChI=1S/C13H14N2O4/c1-8-12(16)14-13(17)15(8)9-3-4-10-11(7-9)19-6-2-5-18-10/h3-4,7-8H,2,5-6H2,1H3,(H,14,16,17). The fourth-order valence-electron chi connectivity index (χ4n) is 2.21. The molecule has 0 bridgehead atoms. The van der Waals surface area contributed by atoms with E-state index in [1.165, 1.54) is 4.90 Å². The van der Waals surface area contributed by atoms with Crippen LogP contribution in [0.25, 0.3) is 0 Å². The second-order valence-corrected chi connectivity index (χ2v) is 4.52. The van der Waals surface area contributed by atoms with E-state index in [1.54, 1.807) is 25.1 Å². The Hall–Kier alpha value is -2.24. The van der Waals surface area contributed by atoms with Crippen molar-refractivity contribution in [3.05, 3.63) is 18.2 Å². The maximum atomic E-state index is 11.8. The van der Waals surface area contributed by atoms with Crippen LogP contribution in [0, 0.1) is 0 Å². The van der Waals surface area contributed by atoms with Crippen LogP contribution in [0.5, 0.6) is 11.5 Å². The molecule has 19 heavy (non-hydrogen) atoms. The summed E-state index contributed by atoms with van der Waals surface area (Å²) in [4.78, 5) is 24.6. The fourth-order valence-corrected chi connectivity index (χ4v) is 2.21. The molecule has 6 nitrogen and oxygen atoms in total. The Morgan fingerprint density at radius 3 is 2.63 bits per heavy atom. The minimum Gasteiger partial charge on any atom is -0.490 e. The number of nitrogens with one attached hydrogen (secondary N) is 1. The number of fused-ring (bicyclic) bond motifs is 1. The number of anilines is 1. The van der Waals surface area contributed by atoms with E-state index in [9.17, 15) is 9.59 Å². The van der Waals surface area contributed by atoms with Crippen molar-refractivity contribution >= 4 is 17.6 Å². The summed E-state index contributed by atoms with van der Waals surface area (Å²) < 4.78 is 11.1. The van der Waals surface area contributed by atoms with E-state index < -0.39 is 12.1 Å². The van der Waals surface area contributed by atoms with Crippen molar-refractivity contribution in [1.82, 2.24) is 5.32 Å². The lowest BCUT2D eigenvalue weighted by Crippen LogP contribution is -2.32. The Balaban J connectivity index is 1.96. The van der Waals surface area contributed by atoms with Crippen molar-refractivity contribution < 1.29 is 19.1 Å². The molecule has 2 heterocycles. The van der Waals surface area contributed by atoms with Gasteiger partial charge in [-0.3, -0.25) is 15.0 Å². The number of imide groups is 1. The van der Waals surface area contributed by atoms with Gasteiger partial charge >= 0.3 is 6.03 Å². The number of urea groups is 1. The van der Waals surface area contributed by atoms with E-state index in [4.69, 9.17) is 9.47 Å². The Morgan fingerprint density at radius 1 is 1.21 bits per heavy atom. The van der Waals surface area contributed by atoms with Crippen molar-refractivity contribution in [2.45, 2.75) is 19.4 Å². The molecule has 0 aromatic heterocycles. The van der Waals surface area contributed by atoms with Gasteiger partial charge in [0.25, 0.3) is 5.91 Å². The maximum absolute atomic E-state index is 11.8. The fraction of sp³-hybridized carbons (Fsp3) is 0.385. The van der Waals surface area contributed by atoms with Crippen LogP contribution in [-0.4, -0.2) is 31.2 Å². The SMILES string of the molecule is CC1C(=O)NC(=O)N1c1ccc2c(c1)OCCCO2. The quantitative estimate of drug-likeness (QED) is 0.774. The molecule has 1 aromatic carbocycles. The molecule has 3 rings (SSSR count). The first kappa shape index (κ1) is 11.8. The summed E-state index contributed by atoms with van der Waals surface area (Å²) in [5, 5.41) is 2.28. The number of hydrogen-bond donors (Lipinski definition) is 1. The first-order valence-electron chi connectivity index (χ1n) is 6.20. The topological polar surface area (TPSA) is 67.9 Å². The third-order valence-electron chi connectivity index (χ3n) is 3.22. The number of benzene rings is 1. The lowest BCUT2D eigenvalue weighted by atomic mass is 10.2. The lowest BCUT2D eigenvalue weighted by molar-refractivity contribution is -0.119. The third kappa shape index (κ3) is 1.99. The van der Waals surface area contributed by atoms with Crippen LogP contribution in [0.1, 0.15) is 13.3 Å². The minimum absolute atomic E-state index is 0.294. The second kappa shape index (κ2) is 4.46. The molecule has 0 aliphatic carbocycles. The maximum Gasteiger partial charge on any atom is 0.329 e. The molecule has 0 saturated carbocycles. The number of ether oxygens (including phenoxy) is 2. The number of carbonyl (C=O) groups excluding carboxylic acids is 2. The van der Waals surface area contributed by atoms with Crippen LogP contribution in [0.3, 0.4) is 0 Å². The predicted octanol–water partition coefficient (Wildman–Crippen LogP) is 1.29. The van der Waals surface area contributed by atoms with Gasteiger partial charge in [-0.2, -0.15) is 0 Å². The molecule has 2 aliphatic rings. The molecule has 2 aliphatic heterocycles. The van der Waals surface area contributed by atoms with Crippen molar-refractivity contribution in [1.29, 1.82) is 0 Å². The molecule has 100 valence electrons. The van der Waals surface area contributed by atoms with Crippen molar-refractivity contribution in [3.8, 4) is 11.5 Å². The molecule has 1 aromatic rings. The summed E-state index contributed by atoms with van der Waals surface area (Å²) in [5.74, 6) is 0.978. The van der Waals surface area contributed by atoms with Gasteiger partial charge in [0.1, 0.15) is 6.04 Å². The largest absolute Gasteiger partial charge is 0.490 e. The number of nitrogens with zero attached hydrogens (tertiary/aromatic N) is 1. The van der Waals surface area contributed by atoms with Crippen LogP contribution in [0.4, 0.5) is 10.5 Å². The van der Waals surface area contributed by atoms with Crippen molar-refractivity contribution in [3.63, 3.8) is 0 Å². The summed E-state index contributed by atoms with van der Waals surface area (Å²) in [5.41, 5.74) is 0.625. The number of hydrogen-bond acceptors (Lipinski definition) is 4. The summed E-state index contributed by atoms with van der Waals surface area (Å²) in [6.45, 7) is 2.88. The van der Waals surface area contributed by atoms with E-state index >= 15 is 0 Å². The monoisotopic (exact) mass is 262 g/mol. The van der Waals surface area contributed by atoms with E-state index in [-0.39, 0.29) is 5.91 Å². The molecule has 6 heteroatoms. The third-order valence-corrected chi connectivity index (χ3v) is 3.22. The van der Waals surface area contributed by atoms with Crippen LogP contribution >= 0.6 is 0 Å². The van der Waals surface area contributed by atoms with Gasteiger partial charge in [-0.15, -0.1) is 0 Å². The van der Waals surface area contributed by atoms with Gasteiger partial charge in [0, 0.05) is 12.5 Å². The summed E-state index contributed by atoms with van der Waals surface area (Å²) in [6.07, 6.45) is 0.823. The zero-order valence-corrected chi connectivity index (χ0v) is 10.5. The molecule has 3 amide bonds. The van der Waals surface area contributed by atoms with Crippen LogP contribution < -0.4 is 19.7 Å². The number of carbonyl (C=O) groups is 2. The molecule has 0 radical (unpaired) electrons. The zero-order chi connectivity index (χ0) is 13.4. The van der Waals surface area contributed by atoms with Crippen LogP contribution in [-0.2, 0) is 4.79 Å². The predicted molar refractivity (Wildman–Crippen MR) is 67.5 cm³/mol. The van der Waals surface area contributed by atoms with Gasteiger partial charge in [-0.25, -0.2) is 4.79 Å². The Bertz CT molecular complexity index is 543. The normalized spacial score (nSPS) is 22.2. The van der Waals surface area contributed by atoms with Gasteiger partial charge in [0.05, 0.1) is 18.9 Å². The van der Waals surface area contributed by atoms with Gasteiger partial charge in [0.15, 0.2) is 11.5 Å². The van der Waals surface area contributed by atoms with E-state index in [1.807, 2.05) is 0 Å². The smallest absolute Gasteiger partial charge is 0.329 e. The Kier molecular flexibility index (Phi) is 2.77. The average molecular weight is 262 g/mol. The van der Waals surface area contributed by atoms with Gasteiger partial charge < -0.3 is 9.47 Å². The molecule has 0 spiro atoms. The zero-order valence-electron chi connectivity index (χ0n) is 10.5. The highest BCUT2D eigenvalue weighted by Gasteiger charge is 2.36. The summed E-state index contributed by atoms with van der Waals surface area (Å²) in [6, 6.07) is 4.32. The molecular formula is C13H14N2O4. The first-order chi connectivity index (χ1) is 9.16. The van der Waals surface area contributed by atoms with Crippen molar-refractivity contribution in [2.24, 2.45) is 0 Å². The van der Waals surface area contributed by atoms with Gasteiger partial charge in [-0.1, -0.05) is 0 Å². The van der Waals surface area contributed by atoms with E-state index in [0.717, 1.165) is 6.42 Å². The number of amides is 3. The summed E-state index contributed by atoms with van der Waals surface area (Å²) >= 11 is 0. The Labute approximate surface area is 110 Å². The lowest BCUT2D eigenvalue weighted by Gasteiger charge is -2.19. The minimum atomic E-state index is -0.516. The van der Waals surface area contributed by atoms with E-state index in [0.29, 0.717) is 30.4 Å². The molecule has 1 N–H and O–H groups in total. The molecule has 1 atom stereocenters. The van der Waals surface area contributed by atoms with Crippen LogP contribution in [0.2, 0.25) is 0 Å². The van der Waals surface area contributed by atoms with Crippen molar-refractivity contribution in [2.75, 3.05) is 18.1 Å². The highest BCUT2D eigenvalue weighted by atomic mass is 16.5. The average Bonchev–Trinajstić information content (AvgIpc) is 2.59. The van der Waals surface area contributed by atoms with Crippen LogP contribution in [0.15, 0.2) is 18.2 Å². The molecule has 1 unspecified atom stereocenters. The van der Waals surface area contributed by atoms with Gasteiger partial charge in [0.2, 0.25) is 0 Å². The highest BCUT2D eigenvalue weighted by Crippen LogP contribution is 2.34.